The number of allylic oxidation sites excluding steroid dienone is 2. The van der Waals surface area contributed by atoms with Crippen molar-refractivity contribution in [2.75, 3.05) is 13.1 Å². The van der Waals surface area contributed by atoms with Gasteiger partial charge in [-0.2, -0.15) is 0 Å². The molecule has 2 unspecified atom stereocenters. The van der Waals surface area contributed by atoms with Crippen LogP contribution in [0.4, 0.5) is 0 Å². The van der Waals surface area contributed by atoms with Gasteiger partial charge in [-0.3, -0.25) is 4.79 Å². The number of hydrogen-bond acceptors (Lipinski definition) is 1. The highest BCUT2D eigenvalue weighted by molar-refractivity contribution is 5.81. The summed E-state index contributed by atoms with van der Waals surface area (Å²) in [6, 6.07) is 0. The number of carbonyl (C=O) groups is 1. The molecule has 0 aromatic rings. The molecule has 2 atom stereocenters. The topological polar surface area (TPSA) is 20.3 Å². The molecule has 0 aromatic carbocycles. The lowest BCUT2D eigenvalue weighted by Crippen LogP contribution is -2.36. The van der Waals surface area contributed by atoms with Crippen molar-refractivity contribution in [3.8, 4) is 0 Å². The summed E-state index contributed by atoms with van der Waals surface area (Å²) in [7, 11) is 0. The van der Waals surface area contributed by atoms with Crippen LogP contribution >= 0.6 is 0 Å². The Bertz CT molecular complexity index is 345. The van der Waals surface area contributed by atoms with Crippen LogP contribution < -0.4 is 0 Å². The molecule has 2 saturated carbocycles. The molecule has 1 amide bonds. The summed E-state index contributed by atoms with van der Waals surface area (Å²) in [5, 5.41) is 0. The Kier molecular flexibility index (Phi) is 4.70. The van der Waals surface area contributed by atoms with Crippen LogP contribution in [0.25, 0.3) is 0 Å². The third kappa shape index (κ3) is 3.84. The fourth-order valence-corrected chi connectivity index (χ4v) is 3.10. The lowest BCUT2D eigenvalue weighted by Gasteiger charge is -2.25. The standard InChI is InChI=1S/C17H29NO/c1-4-6-7-8-9-15-12-17(15,3)13-18(5-2)16(19)14-10-11-14/h6-7,14-15H,4-5,8-13H2,1-3H3/b7-6-. The van der Waals surface area contributed by atoms with Crippen molar-refractivity contribution in [1.82, 2.24) is 4.90 Å². The molecule has 2 aliphatic carbocycles. The van der Waals surface area contributed by atoms with E-state index in [1.165, 1.54) is 19.3 Å². The Morgan fingerprint density at radius 1 is 1.32 bits per heavy atom. The summed E-state index contributed by atoms with van der Waals surface area (Å²) in [5.74, 6) is 1.61. The van der Waals surface area contributed by atoms with Crippen LogP contribution in [0.15, 0.2) is 12.2 Å². The first-order valence-electron chi connectivity index (χ1n) is 8.04. The second kappa shape index (κ2) is 6.11. The van der Waals surface area contributed by atoms with Crippen molar-refractivity contribution in [1.29, 1.82) is 0 Å². The SMILES string of the molecule is CC/C=C\CCC1CC1(C)CN(CC)C(=O)C1CC1. The molecule has 19 heavy (non-hydrogen) atoms. The molecule has 2 rings (SSSR count). The van der Waals surface area contributed by atoms with Gasteiger partial charge in [-0.05, 0) is 56.8 Å². The zero-order chi connectivity index (χ0) is 13.9. The predicted molar refractivity (Wildman–Crippen MR) is 79.9 cm³/mol. The van der Waals surface area contributed by atoms with Crippen LogP contribution in [0, 0.1) is 17.3 Å². The van der Waals surface area contributed by atoms with Gasteiger partial charge in [0.2, 0.25) is 5.91 Å². The van der Waals surface area contributed by atoms with Gasteiger partial charge in [0.15, 0.2) is 0 Å². The largest absolute Gasteiger partial charge is 0.342 e. The Balaban J connectivity index is 1.75. The van der Waals surface area contributed by atoms with E-state index in [1.54, 1.807) is 0 Å². The van der Waals surface area contributed by atoms with Gasteiger partial charge >= 0.3 is 0 Å². The molecule has 2 heteroatoms. The van der Waals surface area contributed by atoms with Crippen LogP contribution in [0.1, 0.15) is 59.3 Å². The lowest BCUT2D eigenvalue weighted by atomic mass is 10.0. The molecule has 0 bridgehead atoms. The minimum absolute atomic E-state index is 0.369. The average molecular weight is 263 g/mol. The van der Waals surface area contributed by atoms with Crippen molar-refractivity contribution in [2.45, 2.75) is 59.3 Å². The van der Waals surface area contributed by atoms with Crippen molar-refractivity contribution in [3.05, 3.63) is 12.2 Å². The first-order chi connectivity index (χ1) is 9.10. The smallest absolute Gasteiger partial charge is 0.225 e. The highest BCUT2D eigenvalue weighted by Crippen LogP contribution is 2.55. The summed E-state index contributed by atoms with van der Waals surface area (Å²) in [5.41, 5.74) is 0.403. The van der Waals surface area contributed by atoms with Crippen LogP contribution in [0.2, 0.25) is 0 Å². The summed E-state index contributed by atoms with van der Waals surface area (Å²) in [6.45, 7) is 8.53. The Hall–Kier alpha value is -0.790. The van der Waals surface area contributed by atoms with Gasteiger partial charge in [-0.15, -0.1) is 0 Å². The molecule has 2 fully saturated rings. The van der Waals surface area contributed by atoms with Crippen LogP contribution in [0.5, 0.6) is 0 Å². The monoisotopic (exact) mass is 263 g/mol. The summed E-state index contributed by atoms with van der Waals surface area (Å²) < 4.78 is 0. The van der Waals surface area contributed by atoms with Crippen molar-refractivity contribution in [3.63, 3.8) is 0 Å². The van der Waals surface area contributed by atoms with Gasteiger partial charge in [0.25, 0.3) is 0 Å². The minimum atomic E-state index is 0.369. The molecule has 0 aliphatic heterocycles. The predicted octanol–water partition coefficient (Wildman–Crippen LogP) is 4.02. The minimum Gasteiger partial charge on any atom is -0.342 e. The first kappa shape index (κ1) is 14.6. The van der Waals surface area contributed by atoms with E-state index in [-0.39, 0.29) is 0 Å². The zero-order valence-corrected chi connectivity index (χ0v) is 12.8. The van der Waals surface area contributed by atoms with E-state index in [2.05, 4.69) is 37.8 Å². The van der Waals surface area contributed by atoms with Crippen LogP contribution in [0.3, 0.4) is 0 Å². The second-order valence-corrected chi connectivity index (χ2v) is 6.64. The molecule has 2 nitrogen and oxygen atoms in total. The molecule has 0 aromatic heterocycles. The van der Waals surface area contributed by atoms with Gasteiger partial charge in [-0.1, -0.05) is 26.0 Å². The number of rotatable bonds is 8. The number of carbonyl (C=O) groups excluding carboxylic acids is 1. The molecule has 0 radical (unpaired) electrons. The summed E-state index contributed by atoms with van der Waals surface area (Å²) in [6.07, 6.45) is 11.8. The average Bonchev–Trinajstić information content (AvgIpc) is 3.29. The van der Waals surface area contributed by atoms with E-state index in [9.17, 15) is 4.79 Å². The highest BCUT2D eigenvalue weighted by Gasteiger charge is 2.50. The zero-order valence-electron chi connectivity index (χ0n) is 12.8. The molecule has 0 saturated heterocycles. The molecule has 0 heterocycles. The van der Waals surface area contributed by atoms with E-state index in [0.717, 1.165) is 38.3 Å². The Labute approximate surface area is 118 Å². The molecule has 0 spiro atoms. The molecule has 108 valence electrons. The maximum Gasteiger partial charge on any atom is 0.225 e. The molecule has 2 aliphatic rings. The highest BCUT2D eigenvalue weighted by atomic mass is 16.2. The van der Waals surface area contributed by atoms with E-state index in [0.29, 0.717) is 17.2 Å². The Morgan fingerprint density at radius 3 is 2.63 bits per heavy atom. The van der Waals surface area contributed by atoms with E-state index in [1.807, 2.05) is 0 Å². The van der Waals surface area contributed by atoms with E-state index >= 15 is 0 Å². The van der Waals surface area contributed by atoms with Crippen molar-refractivity contribution >= 4 is 5.91 Å². The molecule has 0 N–H and O–H groups in total. The van der Waals surface area contributed by atoms with Crippen LogP contribution in [-0.4, -0.2) is 23.9 Å². The number of amides is 1. The summed E-state index contributed by atoms with van der Waals surface area (Å²) in [4.78, 5) is 14.3. The maximum atomic E-state index is 12.2. The van der Waals surface area contributed by atoms with Gasteiger partial charge in [-0.25, -0.2) is 0 Å². The van der Waals surface area contributed by atoms with Crippen molar-refractivity contribution < 1.29 is 4.79 Å². The van der Waals surface area contributed by atoms with Gasteiger partial charge < -0.3 is 4.90 Å². The molecular formula is C17H29NO. The third-order valence-corrected chi connectivity index (χ3v) is 4.79. The normalized spacial score (nSPS) is 29.7. The Morgan fingerprint density at radius 2 is 2.05 bits per heavy atom. The van der Waals surface area contributed by atoms with Gasteiger partial charge in [0, 0.05) is 19.0 Å². The van der Waals surface area contributed by atoms with Gasteiger partial charge in [0.05, 0.1) is 0 Å². The third-order valence-electron chi connectivity index (χ3n) is 4.79. The van der Waals surface area contributed by atoms with E-state index in [4.69, 9.17) is 0 Å². The lowest BCUT2D eigenvalue weighted by molar-refractivity contribution is -0.133. The van der Waals surface area contributed by atoms with Crippen LogP contribution in [-0.2, 0) is 4.79 Å². The summed E-state index contributed by atoms with van der Waals surface area (Å²) >= 11 is 0. The van der Waals surface area contributed by atoms with Gasteiger partial charge in [0.1, 0.15) is 0 Å². The fourth-order valence-electron chi connectivity index (χ4n) is 3.10. The number of nitrogens with zero attached hydrogens (tertiary/aromatic N) is 1. The fraction of sp³-hybridized carbons (Fsp3) is 0.824. The number of hydrogen-bond donors (Lipinski definition) is 0. The van der Waals surface area contributed by atoms with E-state index < -0.39 is 0 Å². The first-order valence-corrected chi connectivity index (χ1v) is 8.04. The molecular weight excluding hydrogens is 234 g/mol. The maximum absolute atomic E-state index is 12.2. The quantitative estimate of drug-likeness (QED) is 0.606. The second-order valence-electron chi connectivity index (χ2n) is 6.64. The van der Waals surface area contributed by atoms with Crippen molar-refractivity contribution in [2.24, 2.45) is 17.3 Å².